The summed E-state index contributed by atoms with van der Waals surface area (Å²) < 4.78 is 4.96. The van der Waals surface area contributed by atoms with E-state index in [1.165, 1.54) is 10.4 Å². The van der Waals surface area contributed by atoms with Gasteiger partial charge in [-0.05, 0) is 36.9 Å². The summed E-state index contributed by atoms with van der Waals surface area (Å²) in [4.78, 5) is 17.1. The Bertz CT molecular complexity index is 610. The minimum absolute atomic E-state index is 0.317. The summed E-state index contributed by atoms with van der Waals surface area (Å²) in [7, 11) is 0. The summed E-state index contributed by atoms with van der Waals surface area (Å²) in [6.45, 7) is 4.76. The Labute approximate surface area is 121 Å². The van der Waals surface area contributed by atoms with Gasteiger partial charge >= 0.3 is 5.97 Å². The van der Waals surface area contributed by atoms with E-state index in [0.29, 0.717) is 30.2 Å². The van der Waals surface area contributed by atoms with E-state index < -0.39 is 5.97 Å². The number of nitrogen functional groups attached to an aromatic ring is 1. The molecular weight excluding hydrogens is 274 g/mol. The SMILES string of the molecule is CCOC(=O)c1ccnc(NCc2sccc2C)c1N. The number of pyridine rings is 1. The van der Waals surface area contributed by atoms with Crippen LogP contribution in [-0.2, 0) is 11.3 Å². The van der Waals surface area contributed by atoms with E-state index in [-0.39, 0.29) is 0 Å². The summed E-state index contributed by atoms with van der Waals surface area (Å²) >= 11 is 1.67. The molecule has 0 aliphatic carbocycles. The number of hydrogen-bond donors (Lipinski definition) is 2. The van der Waals surface area contributed by atoms with Crippen molar-refractivity contribution in [1.29, 1.82) is 0 Å². The smallest absolute Gasteiger partial charge is 0.340 e. The Balaban J connectivity index is 2.14. The maximum absolute atomic E-state index is 11.7. The predicted molar refractivity (Wildman–Crippen MR) is 81.0 cm³/mol. The second-order valence-electron chi connectivity index (χ2n) is 4.22. The van der Waals surface area contributed by atoms with Crippen LogP contribution in [0.5, 0.6) is 0 Å². The molecule has 0 spiro atoms. The molecule has 2 aromatic heterocycles. The Morgan fingerprint density at radius 1 is 1.50 bits per heavy atom. The Morgan fingerprint density at radius 2 is 2.30 bits per heavy atom. The van der Waals surface area contributed by atoms with Gasteiger partial charge < -0.3 is 15.8 Å². The van der Waals surface area contributed by atoms with Gasteiger partial charge in [0.25, 0.3) is 0 Å². The van der Waals surface area contributed by atoms with Crippen LogP contribution in [-0.4, -0.2) is 17.6 Å². The van der Waals surface area contributed by atoms with Crippen molar-refractivity contribution in [2.24, 2.45) is 0 Å². The van der Waals surface area contributed by atoms with Gasteiger partial charge in [-0.1, -0.05) is 0 Å². The lowest BCUT2D eigenvalue weighted by Crippen LogP contribution is -2.11. The molecule has 0 atom stereocenters. The van der Waals surface area contributed by atoms with E-state index in [1.807, 2.05) is 5.38 Å². The van der Waals surface area contributed by atoms with Crippen LogP contribution in [0.3, 0.4) is 0 Å². The van der Waals surface area contributed by atoms with Crippen molar-refractivity contribution in [3.05, 3.63) is 39.7 Å². The van der Waals surface area contributed by atoms with E-state index in [1.54, 1.807) is 30.5 Å². The number of esters is 1. The molecule has 2 heterocycles. The summed E-state index contributed by atoms with van der Waals surface area (Å²) in [6, 6.07) is 3.63. The number of carbonyl (C=O) groups excluding carboxylic acids is 1. The van der Waals surface area contributed by atoms with Gasteiger partial charge in [0.2, 0.25) is 0 Å². The Kier molecular flexibility index (Phi) is 4.57. The molecule has 20 heavy (non-hydrogen) atoms. The standard InChI is InChI=1S/C14H17N3O2S/c1-3-19-14(18)10-4-6-16-13(12(10)15)17-8-11-9(2)5-7-20-11/h4-7H,3,8,15H2,1-2H3,(H,16,17). The average molecular weight is 291 g/mol. The fourth-order valence-corrected chi connectivity index (χ4v) is 2.60. The molecule has 0 saturated heterocycles. The van der Waals surface area contributed by atoms with E-state index in [2.05, 4.69) is 23.3 Å². The van der Waals surface area contributed by atoms with Gasteiger partial charge in [0, 0.05) is 11.1 Å². The summed E-state index contributed by atoms with van der Waals surface area (Å²) in [5.74, 6) is 0.0751. The zero-order chi connectivity index (χ0) is 14.5. The van der Waals surface area contributed by atoms with E-state index in [9.17, 15) is 4.79 Å². The van der Waals surface area contributed by atoms with Crippen molar-refractivity contribution < 1.29 is 9.53 Å². The quantitative estimate of drug-likeness (QED) is 0.828. The van der Waals surface area contributed by atoms with Crippen molar-refractivity contribution >= 4 is 28.8 Å². The van der Waals surface area contributed by atoms with Crippen molar-refractivity contribution in [2.45, 2.75) is 20.4 Å². The van der Waals surface area contributed by atoms with E-state index in [4.69, 9.17) is 10.5 Å². The molecule has 2 aromatic rings. The molecule has 2 rings (SSSR count). The highest BCUT2D eigenvalue weighted by Crippen LogP contribution is 2.23. The van der Waals surface area contributed by atoms with Crippen LogP contribution in [0.4, 0.5) is 11.5 Å². The minimum atomic E-state index is -0.428. The second kappa shape index (κ2) is 6.38. The average Bonchev–Trinajstić information content (AvgIpc) is 2.83. The summed E-state index contributed by atoms with van der Waals surface area (Å²) in [5, 5.41) is 5.20. The van der Waals surface area contributed by atoms with Gasteiger partial charge in [0.05, 0.1) is 24.4 Å². The number of nitrogens with one attached hydrogen (secondary N) is 1. The Morgan fingerprint density at radius 3 is 2.95 bits per heavy atom. The number of nitrogens with two attached hydrogens (primary N) is 1. The highest BCUT2D eigenvalue weighted by molar-refractivity contribution is 7.10. The molecule has 0 radical (unpaired) electrons. The highest BCUT2D eigenvalue weighted by Gasteiger charge is 2.14. The van der Waals surface area contributed by atoms with Crippen LogP contribution in [0.1, 0.15) is 27.7 Å². The fourth-order valence-electron chi connectivity index (χ4n) is 1.75. The third-order valence-electron chi connectivity index (χ3n) is 2.87. The molecule has 0 bridgehead atoms. The number of ether oxygens (including phenoxy) is 1. The van der Waals surface area contributed by atoms with Crippen molar-refractivity contribution in [1.82, 2.24) is 4.98 Å². The number of aryl methyl sites for hydroxylation is 1. The topological polar surface area (TPSA) is 77.2 Å². The number of anilines is 2. The first-order valence-corrected chi connectivity index (χ1v) is 7.20. The van der Waals surface area contributed by atoms with Crippen molar-refractivity contribution in [2.75, 3.05) is 17.7 Å². The van der Waals surface area contributed by atoms with E-state index >= 15 is 0 Å². The van der Waals surface area contributed by atoms with Crippen LogP contribution < -0.4 is 11.1 Å². The van der Waals surface area contributed by atoms with Crippen LogP contribution in [0.25, 0.3) is 0 Å². The van der Waals surface area contributed by atoms with Gasteiger partial charge in [-0.3, -0.25) is 0 Å². The molecular formula is C14H17N3O2S. The van der Waals surface area contributed by atoms with Crippen LogP contribution in [0.15, 0.2) is 23.7 Å². The molecule has 0 aliphatic rings. The number of nitrogens with zero attached hydrogens (tertiary/aromatic N) is 1. The second-order valence-corrected chi connectivity index (χ2v) is 5.22. The molecule has 0 aliphatic heterocycles. The molecule has 106 valence electrons. The Hall–Kier alpha value is -2.08. The first kappa shape index (κ1) is 14.3. The first-order chi connectivity index (χ1) is 9.63. The lowest BCUT2D eigenvalue weighted by atomic mass is 10.2. The number of hydrogen-bond acceptors (Lipinski definition) is 6. The molecule has 0 fully saturated rings. The van der Waals surface area contributed by atoms with Crippen molar-refractivity contribution in [3.63, 3.8) is 0 Å². The molecule has 0 aromatic carbocycles. The lowest BCUT2D eigenvalue weighted by molar-refractivity contribution is 0.0527. The predicted octanol–water partition coefficient (Wildman–Crippen LogP) is 2.82. The maximum atomic E-state index is 11.7. The third kappa shape index (κ3) is 3.08. The lowest BCUT2D eigenvalue weighted by Gasteiger charge is -2.11. The van der Waals surface area contributed by atoms with Gasteiger partial charge in [-0.25, -0.2) is 9.78 Å². The zero-order valence-corrected chi connectivity index (χ0v) is 12.3. The fraction of sp³-hybridized carbons (Fsp3) is 0.286. The van der Waals surface area contributed by atoms with Gasteiger partial charge in [-0.2, -0.15) is 0 Å². The highest BCUT2D eigenvalue weighted by atomic mass is 32.1. The van der Waals surface area contributed by atoms with Gasteiger partial charge in [0.15, 0.2) is 0 Å². The molecule has 0 amide bonds. The summed E-state index contributed by atoms with van der Waals surface area (Å²) in [5.41, 5.74) is 7.85. The molecule has 0 unspecified atom stereocenters. The number of rotatable bonds is 5. The number of thiophene rings is 1. The maximum Gasteiger partial charge on any atom is 0.340 e. The molecule has 3 N–H and O–H groups in total. The molecule has 0 saturated carbocycles. The van der Waals surface area contributed by atoms with Gasteiger partial charge in [0.1, 0.15) is 5.82 Å². The zero-order valence-electron chi connectivity index (χ0n) is 11.5. The minimum Gasteiger partial charge on any atom is -0.462 e. The normalized spacial score (nSPS) is 10.3. The monoisotopic (exact) mass is 291 g/mol. The number of carbonyl (C=O) groups is 1. The van der Waals surface area contributed by atoms with Crippen LogP contribution >= 0.6 is 11.3 Å². The first-order valence-electron chi connectivity index (χ1n) is 6.32. The summed E-state index contributed by atoms with van der Waals surface area (Å²) in [6.07, 6.45) is 1.55. The third-order valence-corrected chi connectivity index (χ3v) is 3.89. The van der Waals surface area contributed by atoms with E-state index in [0.717, 1.165) is 0 Å². The van der Waals surface area contributed by atoms with Crippen LogP contribution in [0, 0.1) is 6.92 Å². The number of aromatic nitrogens is 1. The largest absolute Gasteiger partial charge is 0.462 e. The molecule has 6 heteroatoms. The molecule has 5 nitrogen and oxygen atoms in total. The van der Waals surface area contributed by atoms with Crippen molar-refractivity contribution in [3.8, 4) is 0 Å². The van der Waals surface area contributed by atoms with Crippen LogP contribution in [0.2, 0.25) is 0 Å². The van der Waals surface area contributed by atoms with Gasteiger partial charge in [-0.15, -0.1) is 11.3 Å².